The normalized spacial score (nSPS) is 46.0. The number of piperidine rings is 1. The van der Waals surface area contributed by atoms with Gasteiger partial charge in [0.25, 0.3) is 0 Å². The van der Waals surface area contributed by atoms with Gasteiger partial charge in [-0.05, 0) is 44.5 Å². The number of esters is 1. The summed E-state index contributed by atoms with van der Waals surface area (Å²) in [6, 6.07) is 8.37. The van der Waals surface area contributed by atoms with Gasteiger partial charge in [-0.1, -0.05) is 18.2 Å². The quantitative estimate of drug-likeness (QED) is 0.631. The Hall–Kier alpha value is -1.76. The number of hydrogen-bond acceptors (Lipinski definition) is 6. The summed E-state index contributed by atoms with van der Waals surface area (Å²) in [6.07, 6.45) is 1.77. The van der Waals surface area contributed by atoms with E-state index in [9.17, 15) is 9.90 Å². The minimum absolute atomic E-state index is 0.0650. The molecule has 6 atom stereocenters. The molecule has 0 aromatic heterocycles. The molecule has 1 aromatic rings. The van der Waals surface area contributed by atoms with Gasteiger partial charge in [-0.2, -0.15) is 0 Å². The average Bonchev–Trinajstić information content (AvgIpc) is 3.06. The van der Waals surface area contributed by atoms with E-state index in [0.717, 1.165) is 37.3 Å². The van der Waals surface area contributed by atoms with Crippen LogP contribution in [0.15, 0.2) is 29.3 Å². The van der Waals surface area contributed by atoms with Crippen molar-refractivity contribution in [1.29, 1.82) is 0 Å². The van der Waals surface area contributed by atoms with Crippen molar-refractivity contribution in [3.63, 3.8) is 0 Å². The van der Waals surface area contributed by atoms with Crippen LogP contribution in [-0.2, 0) is 19.7 Å². The zero-order valence-electron chi connectivity index (χ0n) is 15.6. The SMILES string of the molecule is COC(=O)C1(CO)C2=Nc3ccccc3[C@]23CCN2CC[C@H]1[C@]1(O[C@H]1C)[C@@H]23. The monoisotopic (exact) mass is 368 g/mol. The van der Waals surface area contributed by atoms with Gasteiger partial charge >= 0.3 is 5.97 Å². The Balaban J connectivity index is 1.71. The second-order valence-electron chi connectivity index (χ2n) is 8.71. The van der Waals surface area contributed by atoms with Crippen LogP contribution >= 0.6 is 0 Å². The third-order valence-corrected chi connectivity index (χ3v) is 8.12. The number of para-hydroxylation sites is 1. The first kappa shape index (κ1) is 16.2. The fourth-order valence-electron chi connectivity index (χ4n) is 7.24. The maximum Gasteiger partial charge on any atom is 0.320 e. The number of hydrogen-bond donors (Lipinski definition) is 1. The number of fused-ring (bicyclic) bond motifs is 1. The highest BCUT2D eigenvalue weighted by atomic mass is 16.6. The number of carbonyl (C=O) groups excluding carboxylic acids is 1. The molecular weight excluding hydrogens is 344 g/mol. The molecule has 27 heavy (non-hydrogen) atoms. The van der Waals surface area contributed by atoms with E-state index in [1.165, 1.54) is 12.7 Å². The molecule has 1 aliphatic carbocycles. The number of carbonyl (C=O) groups is 1. The fraction of sp³-hybridized carbons (Fsp3) is 0.619. The lowest BCUT2D eigenvalue weighted by atomic mass is 9.46. The predicted molar refractivity (Wildman–Crippen MR) is 98.1 cm³/mol. The zero-order valence-corrected chi connectivity index (χ0v) is 15.6. The van der Waals surface area contributed by atoms with Crippen LogP contribution in [0.4, 0.5) is 5.69 Å². The van der Waals surface area contributed by atoms with Crippen molar-refractivity contribution in [2.24, 2.45) is 16.3 Å². The lowest BCUT2D eigenvalue weighted by molar-refractivity contribution is -0.161. The van der Waals surface area contributed by atoms with Gasteiger partial charge in [-0.25, -0.2) is 0 Å². The molecule has 3 saturated heterocycles. The fourth-order valence-corrected chi connectivity index (χ4v) is 7.24. The molecule has 4 aliphatic heterocycles. The number of aliphatic hydroxyl groups excluding tert-OH is 1. The Morgan fingerprint density at radius 2 is 2.19 bits per heavy atom. The van der Waals surface area contributed by atoms with Crippen LogP contribution in [0.25, 0.3) is 0 Å². The van der Waals surface area contributed by atoms with Crippen LogP contribution in [0.1, 0.15) is 25.3 Å². The first-order valence-electron chi connectivity index (χ1n) is 9.87. The summed E-state index contributed by atoms with van der Waals surface area (Å²) >= 11 is 0. The smallest absolute Gasteiger partial charge is 0.320 e. The van der Waals surface area contributed by atoms with Crippen LogP contribution < -0.4 is 0 Å². The molecule has 4 heterocycles. The van der Waals surface area contributed by atoms with E-state index in [4.69, 9.17) is 14.5 Å². The Morgan fingerprint density at radius 1 is 1.41 bits per heavy atom. The third-order valence-electron chi connectivity index (χ3n) is 8.12. The van der Waals surface area contributed by atoms with Gasteiger partial charge in [-0.3, -0.25) is 14.7 Å². The number of epoxide rings is 1. The van der Waals surface area contributed by atoms with Gasteiger partial charge in [0.2, 0.25) is 0 Å². The Bertz CT molecular complexity index is 900. The molecule has 1 unspecified atom stereocenters. The lowest BCUT2D eigenvalue weighted by Crippen LogP contribution is -2.74. The van der Waals surface area contributed by atoms with Gasteiger partial charge in [-0.15, -0.1) is 0 Å². The third kappa shape index (κ3) is 1.47. The molecule has 142 valence electrons. The van der Waals surface area contributed by atoms with E-state index in [0.29, 0.717) is 0 Å². The van der Waals surface area contributed by atoms with Gasteiger partial charge in [0.15, 0.2) is 0 Å². The molecule has 1 saturated carbocycles. The minimum Gasteiger partial charge on any atom is -0.468 e. The van der Waals surface area contributed by atoms with Crippen LogP contribution in [-0.4, -0.2) is 66.2 Å². The first-order valence-corrected chi connectivity index (χ1v) is 9.87. The molecule has 1 N–H and O–H groups in total. The highest BCUT2D eigenvalue weighted by molar-refractivity contribution is 6.17. The maximum absolute atomic E-state index is 13.3. The number of aliphatic hydroxyl groups is 1. The number of ether oxygens (including phenoxy) is 2. The zero-order chi connectivity index (χ0) is 18.6. The number of methoxy groups -OCH3 is 1. The van der Waals surface area contributed by atoms with Crippen LogP contribution in [0.5, 0.6) is 0 Å². The summed E-state index contributed by atoms with van der Waals surface area (Å²) in [5, 5.41) is 10.7. The summed E-state index contributed by atoms with van der Waals surface area (Å²) in [6.45, 7) is 3.70. The maximum atomic E-state index is 13.3. The molecule has 5 aliphatic rings. The van der Waals surface area contributed by atoms with E-state index in [1.54, 1.807) is 0 Å². The Labute approximate surface area is 158 Å². The van der Waals surface area contributed by atoms with E-state index >= 15 is 0 Å². The molecule has 2 bridgehead atoms. The highest BCUT2D eigenvalue weighted by Gasteiger charge is 2.84. The van der Waals surface area contributed by atoms with Crippen molar-refractivity contribution in [2.75, 3.05) is 26.8 Å². The van der Waals surface area contributed by atoms with Crippen molar-refractivity contribution < 1.29 is 19.4 Å². The predicted octanol–water partition coefficient (Wildman–Crippen LogP) is 1.43. The van der Waals surface area contributed by atoms with Gasteiger partial charge in [0.05, 0.1) is 42.7 Å². The van der Waals surface area contributed by atoms with E-state index < -0.39 is 11.0 Å². The van der Waals surface area contributed by atoms with Crippen LogP contribution in [0.2, 0.25) is 0 Å². The lowest BCUT2D eigenvalue weighted by Gasteiger charge is -2.58. The number of nitrogens with zero attached hydrogens (tertiary/aromatic N) is 2. The van der Waals surface area contributed by atoms with Crippen molar-refractivity contribution in [3.8, 4) is 0 Å². The molecule has 2 spiro atoms. The molecule has 0 amide bonds. The number of benzene rings is 1. The molecule has 6 heteroatoms. The molecule has 4 fully saturated rings. The first-order chi connectivity index (χ1) is 13.1. The summed E-state index contributed by atoms with van der Waals surface area (Å²) in [5.74, 6) is -0.486. The summed E-state index contributed by atoms with van der Waals surface area (Å²) < 4.78 is 11.6. The van der Waals surface area contributed by atoms with E-state index in [-0.39, 0.29) is 36.1 Å². The molecule has 1 aromatic carbocycles. The van der Waals surface area contributed by atoms with Gasteiger partial charge in [0, 0.05) is 5.92 Å². The Morgan fingerprint density at radius 3 is 2.89 bits per heavy atom. The number of aliphatic imine (C=N–C) groups is 1. The summed E-state index contributed by atoms with van der Waals surface area (Å²) in [7, 11) is 1.41. The molecule has 0 radical (unpaired) electrons. The van der Waals surface area contributed by atoms with E-state index in [1.807, 2.05) is 18.2 Å². The minimum atomic E-state index is -1.13. The van der Waals surface area contributed by atoms with Crippen LogP contribution in [0.3, 0.4) is 0 Å². The van der Waals surface area contributed by atoms with Crippen molar-refractivity contribution >= 4 is 17.4 Å². The largest absolute Gasteiger partial charge is 0.468 e. The van der Waals surface area contributed by atoms with Gasteiger partial charge in [0.1, 0.15) is 11.0 Å². The summed E-state index contributed by atoms with van der Waals surface area (Å²) in [4.78, 5) is 20.8. The number of rotatable bonds is 2. The van der Waals surface area contributed by atoms with Crippen molar-refractivity contribution in [1.82, 2.24) is 4.90 Å². The molecular formula is C21H24N2O4. The summed E-state index contributed by atoms with van der Waals surface area (Å²) in [5.41, 5.74) is 0.989. The molecule has 6 rings (SSSR count). The van der Waals surface area contributed by atoms with E-state index in [2.05, 4.69) is 17.9 Å². The van der Waals surface area contributed by atoms with Gasteiger partial charge < -0.3 is 14.6 Å². The van der Waals surface area contributed by atoms with Crippen molar-refractivity contribution in [3.05, 3.63) is 29.8 Å². The molecule has 6 nitrogen and oxygen atoms in total. The Kier molecular flexibility index (Phi) is 2.88. The average molecular weight is 368 g/mol. The van der Waals surface area contributed by atoms with Crippen LogP contribution in [0, 0.1) is 11.3 Å². The van der Waals surface area contributed by atoms with Crippen molar-refractivity contribution in [2.45, 2.75) is 42.9 Å². The highest BCUT2D eigenvalue weighted by Crippen LogP contribution is 2.71. The second kappa shape index (κ2) is 4.80. The second-order valence-corrected chi connectivity index (χ2v) is 8.71. The topological polar surface area (TPSA) is 74.7 Å². The standard InChI is InChI=1S/C21H24N2O4/c1-12-21(27-12)15-7-9-23-10-8-19(17(21)23)13-5-3-4-6-14(13)22-16(19)20(15,11-24)18(25)26-2/h3-6,12,15,17,24H,7-11H2,1-2H3/t12-,15+,17-,19+,20?,21-/m0/s1.